The molecular formula is C15H20F3N5O3. The van der Waals surface area contributed by atoms with Crippen molar-refractivity contribution >= 4 is 11.7 Å². The number of amidine groups is 1. The van der Waals surface area contributed by atoms with Crippen molar-refractivity contribution < 1.29 is 27.9 Å². The fourth-order valence-electron chi connectivity index (χ4n) is 1.77. The zero-order valence-corrected chi connectivity index (χ0v) is 13.7. The predicted octanol–water partition coefficient (Wildman–Crippen LogP) is 0.918. The third-order valence-electron chi connectivity index (χ3n) is 3.09. The number of carbonyl (C=O) groups is 1. The molecule has 0 fully saturated rings. The lowest BCUT2D eigenvalue weighted by atomic mass is 10.2. The number of rotatable bonds is 6. The van der Waals surface area contributed by atoms with Crippen molar-refractivity contribution in [1.82, 2.24) is 10.2 Å². The number of hydrogen-bond donors (Lipinski definition) is 4. The van der Waals surface area contributed by atoms with E-state index in [2.05, 4.69) is 21.1 Å². The van der Waals surface area contributed by atoms with Gasteiger partial charge in [0.2, 0.25) is 0 Å². The first-order chi connectivity index (χ1) is 12.2. The van der Waals surface area contributed by atoms with Gasteiger partial charge in [-0.3, -0.25) is 4.79 Å². The predicted molar refractivity (Wildman–Crippen MR) is 88.2 cm³/mol. The first kappa shape index (κ1) is 20.9. The van der Waals surface area contributed by atoms with Crippen molar-refractivity contribution in [3.8, 4) is 5.75 Å². The number of carbonyl (C=O) groups excluding carboxylic acids is 1. The van der Waals surface area contributed by atoms with Crippen molar-refractivity contribution in [3.63, 3.8) is 0 Å². The van der Waals surface area contributed by atoms with Crippen LogP contribution in [0, 0.1) is 0 Å². The summed E-state index contributed by atoms with van der Waals surface area (Å²) in [4.78, 5) is 11.3. The average Bonchev–Trinajstić information content (AvgIpc) is 3.12. The number of nitrogens with zero attached hydrogens (tertiary/aromatic N) is 2. The first-order valence-electron chi connectivity index (χ1n) is 7.45. The highest BCUT2D eigenvalue weighted by molar-refractivity contribution is 5.97. The number of nitrogens with one attached hydrogen (secondary N) is 1. The molecule has 1 aliphatic heterocycles. The number of alkyl halides is 3. The largest absolute Gasteiger partial charge is 0.494 e. The number of oxime groups is 1. The van der Waals surface area contributed by atoms with Gasteiger partial charge in [0.05, 0.1) is 13.3 Å². The van der Waals surface area contributed by atoms with Crippen LogP contribution in [0.3, 0.4) is 0 Å². The molecule has 2 rings (SSSR count). The average molecular weight is 375 g/mol. The van der Waals surface area contributed by atoms with E-state index in [1.165, 1.54) is 0 Å². The number of nitrogens with two attached hydrogens (primary N) is 2. The number of ether oxygens (including phenoxy) is 1. The Morgan fingerprint density at radius 3 is 2.38 bits per heavy atom. The van der Waals surface area contributed by atoms with Gasteiger partial charge in [-0.25, -0.2) is 0 Å². The molecule has 6 N–H and O–H groups in total. The summed E-state index contributed by atoms with van der Waals surface area (Å²) in [6.45, 7) is 2.49. The Hall–Kier alpha value is -3.11. The highest BCUT2D eigenvalue weighted by Gasteiger charge is 2.35. The number of amides is 1. The molecule has 1 amide bonds. The molecule has 0 spiro atoms. The highest BCUT2D eigenvalue weighted by Crippen LogP contribution is 2.13. The van der Waals surface area contributed by atoms with Gasteiger partial charge in [0.15, 0.2) is 5.84 Å². The molecule has 0 radical (unpaired) electrons. The lowest BCUT2D eigenvalue weighted by Gasteiger charge is -2.14. The number of hydrogen-bond acceptors (Lipinski definition) is 6. The molecule has 1 heterocycles. The normalized spacial score (nSPS) is 13.7. The van der Waals surface area contributed by atoms with E-state index in [9.17, 15) is 13.2 Å². The van der Waals surface area contributed by atoms with Crippen LogP contribution in [0.1, 0.15) is 12.0 Å². The van der Waals surface area contributed by atoms with Crippen LogP contribution in [0.15, 0.2) is 41.8 Å². The fourth-order valence-corrected chi connectivity index (χ4v) is 1.77. The second kappa shape index (κ2) is 10.0. The SMILES string of the molecule is NC(=NO)c1ccc(OCCCN2C=CNC2)cc1.NC(=O)C(F)(F)F. The van der Waals surface area contributed by atoms with E-state index in [-0.39, 0.29) is 5.84 Å². The van der Waals surface area contributed by atoms with Crippen LogP contribution < -0.4 is 21.5 Å². The zero-order chi connectivity index (χ0) is 19.6. The molecule has 1 aliphatic rings. The smallest absolute Gasteiger partial charge is 0.470 e. The van der Waals surface area contributed by atoms with Gasteiger partial charge >= 0.3 is 12.1 Å². The van der Waals surface area contributed by atoms with Crippen LogP contribution in [0.25, 0.3) is 0 Å². The maximum Gasteiger partial charge on any atom is 0.470 e. The van der Waals surface area contributed by atoms with Crippen molar-refractivity contribution in [2.24, 2.45) is 16.6 Å². The number of benzene rings is 1. The van der Waals surface area contributed by atoms with Gasteiger partial charge in [-0.2, -0.15) is 13.2 Å². The Morgan fingerprint density at radius 1 is 1.31 bits per heavy atom. The molecule has 1 aromatic carbocycles. The van der Waals surface area contributed by atoms with Gasteiger partial charge in [0.1, 0.15) is 5.75 Å². The third-order valence-corrected chi connectivity index (χ3v) is 3.09. The summed E-state index contributed by atoms with van der Waals surface area (Å²) in [7, 11) is 0. The van der Waals surface area contributed by atoms with E-state index in [4.69, 9.17) is 20.5 Å². The van der Waals surface area contributed by atoms with Gasteiger partial charge < -0.3 is 31.6 Å². The Balaban J connectivity index is 0.000000412. The van der Waals surface area contributed by atoms with Crippen LogP contribution in [0.4, 0.5) is 13.2 Å². The van der Waals surface area contributed by atoms with Gasteiger partial charge in [-0.15, -0.1) is 0 Å². The summed E-state index contributed by atoms with van der Waals surface area (Å²) in [5.41, 5.74) is 9.95. The molecule has 11 heteroatoms. The summed E-state index contributed by atoms with van der Waals surface area (Å²) in [5.74, 6) is -1.38. The van der Waals surface area contributed by atoms with Gasteiger partial charge in [-0.05, 0) is 30.7 Å². The minimum absolute atomic E-state index is 0.0971. The zero-order valence-electron chi connectivity index (χ0n) is 13.7. The lowest BCUT2D eigenvalue weighted by Crippen LogP contribution is -2.30. The Labute approximate surface area is 147 Å². The topological polar surface area (TPSA) is 126 Å². The van der Waals surface area contributed by atoms with E-state index in [0.29, 0.717) is 12.2 Å². The van der Waals surface area contributed by atoms with E-state index >= 15 is 0 Å². The summed E-state index contributed by atoms with van der Waals surface area (Å²) in [6, 6.07) is 7.14. The molecule has 0 saturated carbocycles. The summed E-state index contributed by atoms with van der Waals surface area (Å²) < 4.78 is 37.7. The fraction of sp³-hybridized carbons (Fsp3) is 0.333. The van der Waals surface area contributed by atoms with Crippen LogP contribution >= 0.6 is 0 Å². The molecule has 26 heavy (non-hydrogen) atoms. The maximum atomic E-state index is 10.7. The second-order valence-electron chi connectivity index (χ2n) is 5.06. The molecule has 1 aromatic rings. The van der Waals surface area contributed by atoms with E-state index in [1.54, 1.807) is 12.1 Å². The minimum atomic E-state index is -4.86. The number of halogens is 3. The monoisotopic (exact) mass is 375 g/mol. The van der Waals surface area contributed by atoms with Crippen LogP contribution in [0.2, 0.25) is 0 Å². The molecule has 0 aromatic heterocycles. The van der Waals surface area contributed by atoms with Crippen molar-refractivity contribution in [2.75, 3.05) is 19.8 Å². The Kier molecular flexibility index (Phi) is 8.06. The molecule has 0 atom stereocenters. The van der Waals surface area contributed by atoms with Crippen molar-refractivity contribution in [2.45, 2.75) is 12.6 Å². The van der Waals surface area contributed by atoms with Crippen LogP contribution in [-0.4, -0.2) is 47.8 Å². The summed E-state index contributed by atoms with van der Waals surface area (Å²) in [6.07, 6.45) is 0.0620. The van der Waals surface area contributed by atoms with E-state index in [1.807, 2.05) is 24.5 Å². The van der Waals surface area contributed by atoms with Crippen LogP contribution in [-0.2, 0) is 4.79 Å². The highest BCUT2D eigenvalue weighted by atomic mass is 19.4. The third kappa shape index (κ3) is 7.64. The summed E-state index contributed by atoms with van der Waals surface area (Å²) in [5, 5.41) is 14.6. The maximum absolute atomic E-state index is 10.7. The number of primary amides is 1. The Morgan fingerprint density at radius 2 is 1.92 bits per heavy atom. The van der Waals surface area contributed by atoms with Gasteiger partial charge in [0, 0.05) is 24.5 Å². The minimum Gasteiger partial charge on any atom is -0.494 e. The van der Waals surface area contributed by atoms with Crippen LogP contribution in [0.5, 0.6) is 5.75 Å². The molecular weight excluding hydrogens is 355 g/mol. The molecule has 0 unspecified atom stereocenters. The van der Waals surface area contributed by atoms with Gasteiger partial charge in [-0.1, -0.05) is 5.16 Å². The second-order valence-corrected chi connectivity index (χ2v) is 5.06. The molecule has 144 valence electrons. The molecule has 0 bridgehead atoms. The Bertz CT molecular complexity index is 632. The molecule has 0 saturated heterocycles. The van der Waals surface area contributed by atoms with Crippen molar-refractivity contribution in [3.05, 3.63) is 42.2 Å². The quantitative estimate of drug-likeness (QED) is 0.193. The van der Waals surface area contributed by atoms with E-state index in [0.717, 1.165) is 25.4 Å². The summed E-state index contributed by atoms with van der Waals surface area (Å²) >= 11 is 0. The van der Waals surface area contributed by atoms with Crippen molar-refractivity contribution in [1.29, 1.82) is 0 Å². The lowest BCUT2D eigenvalue weighted by molar-refractivity contribution is -0.169. The standard InChI is InChI=1S/C13H18N4O2.C2H2F3NO/c14-13(16-18)11-2-4-12(5-3-11)19-9-1-7-17-8-6-15-10-17;3-2(4,5)1(6)7/h2-6,8,15,18H,1,7,9-10H2,(H2,14,16);(H2,6,7). The van der Waals surface area contributed by atoms with E-state index < -0.39 is 12.1 Å². The first-order valence-corrected chi connectivity index (χ1v) is 7.45. The molecule has 8 nitrogen and oxygen atoms in total. The van der Waals surface area contributed by atoms with Gasteiger partial charge in [0.25, 0.3) is 0 Å². The molecule has 0 aliphatic carbocycles.